The van der Waals surface area contributed by atoms with Gasteiger partial charge in [0.15, 0.2) is 0 Å². The molecule has 0 bridgehead atoms. The van der Waals surface area contributed by atoms with Gasteiger partial charge in [0.25, 0.3) is 0 Å². The molecule has 1 atom stereocenters. The summed E-state index contributed by atoms with van der Waals surface area (Å²) in [5.41, 5.74) is 6.94. The molecule has 0 radical (unpaired) electrons. The maximum atomic E-state index is 10.7. The van der Waals surface area contributed by atoms with Crippen LogP contribution in [0.5, 0.6) is 0 Å². The van der Waals surface area contributed by atoms with Crippen LogP contribution in [0.4, 0.5) is 0 Å². The second-order valence-corrected chi connectivity index (χ2v) is 6.06. The van der Waals surface area contributed by atoms with Crippen molar-refractivity contribution in [3.05, 3.63) is 69.8 Å². The van der Waals surface area contributed by atoms with Crippen LogP contribution in [0.15, 0.2) is 36.4 Å². The Morgan fingerprint density at radius 3 is 2.05 bits per heavy atom. The zero-order valence-electron chi connectivity index (χ0n) is 13.6. The molecule has 0 amide bonds. The molecule has 1 unspecified atom stereocenters. The van der Waals surface area contributed by atoms with E-state index in [-0.39, 0.29) is 0 Å². The van der Waals surface area contributed by atoms with Crippen molar-refractivity contribution in [1.82, 2.24) is 0 Å². The average Bonchev–Trinajstić information content (AvgIpc) is 2.44. The van der Waals surface area contributed by atoms with Crippen molar-refractivity contribution in [1.29, 1.82) is 0 Å². The van der Waals surface area contributed by atoms with Crippen LogP contribution in [-0.2, 0) is 6.42 Å². The molecule has 2 rings (SSSR count). The van der Waals surface area contributed by atoms with Gasteiger partial charge < -0.3 is 5.11 Å². The molecule has 1 heteroatoms. The van der Waals surface area contributed by atoms with Crippen LogP contribution in [0.2, 0.25) is 0 Å². The molecule has 2 aromatic carbocycles. The lowest BCUT2D eigenvalue weighted by atomic mass is 9.91. The average molecular weight is 282 g/mol. The Morgan fingerprint density at radius 2 is 1.52 bits per heavy atom. The van der Waals surface area contributed by atoms with Crippen molar-refractivity contribution in [3.63, 3.8) is 0 Å². The fourth-order valence-electron chi connectivity index (χ4n) is 3.04. The van der Waals surface area contributed by atoms with E-state index >= 15 is 0 Å². The molecule has 0 aliphatic rings. The Labute approximate surface area is 128 Å². The molecular weight excluding hydrogens is 256 g/mol. The van der Waals surface area contributed by atoms with Crippen molar-refractivity contribution in [3.8, 4) is 0 Å². The van der Waals surface area contributed by atoms with Gasteiger partial charge in [-0.2, -0.15) is 0 Å². The molecule has 0 spiro atoms. The van der Waals surface area contributed by atoms with Crippen LogP contribution in [0.25, 0.3) is 0 Å². The molecule has 2 aromatic rings. The van der Waals surface area contributed by atoms with Crippen LogP contribution < -0.4 is 0 Å². The number of hydrogen-bond donors (Lipinski definition) is 1. The molecule has 21 heavy (non-hydrogen) atoms. The molecule has 0 saturated carbocycles. The second kappa shape index (κ2) is 6.91. The third-order valence-electron chi connectivity index (χ3n) is 4.13. The minimum Gasteiger partial charge on any atom is -0.384 e. The first-order valence-electron chi connectivity index (χ1n) is 7.87. The topological polar surface area (TPSA) is 20.2 Å². The molecule has 0 saturated heterocycles. The van der Waals surface area contributed by atoms with Crippen molar-refractivity contribution >= 4 is 0 Å². The Hall–Kier alpha value is -1.60. The number of rotatable bonds is 5. The molecule has 112 valence electrons. The molecule has 0 aliphatic carbocycles. The Kier molecular flexibility index (Phi) is 5.19. The number of benzene rings is 2. The maximum absolute atomic E-state index is 10.7. The van der Waals surface area contributed by atoms with Gasteiger partial charge in [0.1, 0.15) is 6.10 Å². The largest absolute Gasteiger partial charge is 0.384 e. The monoisotopic (exact) mass is 282 g/mol. The van der Waals surface area contributed by atoms with Gasteiger partial charge >= 0.3 is 0 Å². The van der Waals surface area contributed by atoms with E-state index in [0.29, 0.717) is 0 Å². The lowest BCUT2D eigenvalue weighted by molar-refractivity contribution is 0.218. The Morgan fingerprint density at radius 1 is 0.952 bits per heavy atom. The third-order valence-corrected chi connectivity index (χ3v) is 4.13. The molecule has 0 fully saturated rings. The summed E-state index contributed by atoms with van der Waals surface area (Å²) in [5.74, 6) is 0. The summed E-state index contributed by atoms with van der Waals surface area (Å²) in [5, 5.41) is 10.7. The van der Waals surface area contributed by atoms with Gasteiger partial charge in [0.05, 0.1) is 0 Å². The molecule has 0 aromatic heterocycles. The van der Waals surface area contributed by atoms with Crippen LogP contribution in [0, 0.1) is 20.8 Å². The quantitative estimate of drug-likeness (QED) is 0.815. The summed E-state index contributed by atoms with van der Waals surface area (Å²) in [6.45, 7) is 8.46. The van der Waals surface area contributed by atoms with Crippen molar-refractivity contribution in [2.24, 2.45) is 0 Å². The first-order chi connectivity index (χ1) is 10.0. The van der Waals surface area contributed by atoms with Gasteiger partial charge in [-0.3, -0.25) is 0 Å². The smallest absolute Gasteiger partial charge is 0.105 e. The van der Waals surface area contributed by atoms with Crippen molar-refractivity contribution < 1.29 is 5.11 Å². The van der Waals surface area contributed by atoms with E-state index in [1.54, 1.807) is 0 Å². The van der Waals surface area contributed by atoms with E-state index in [2.05, 4.69) is 64.1 Å². The number of aliphatic hydroxyl groups is 1. The first kappa shape index (κ1) is 15.8. The van der Waals surface area contributed by atoms with Gasteiger partial charge in [-0.25, -0.2) is 0 Å². The van der Waals surface area contributed by atoms with Gasteiger partial charge in [-0.1, -0.05) is 55.3 Å². The van der Waals surface area contributed by atoms with E-state index in [1.807, 2.05) is 0 Å². The summed E-state index contributed by atoms with van der Waals surface area (Å²) < 4.78 is 0. The summed E-state index contributed by atoms with van der Waals surface area (Å²) in [6, 6.07) is 12.7. The molecule has 1 nitrogen and oxygen atoms in total. The SMILES string of the molecule is CCCCc1ccc(C(O)c2c(C)cc(C)cc2C)cc1. The van der Waals surface area contributed by atoms with Gasteiger partial charge in [-0.05, 0) is 61.4 Å². The molecule has 0 aliphatic heterocycles. The standard InChI is InChI=1S/C20H26O/c1-5-6-7-17-8-10-18(11-9-17)20(21)19-15(3)12-14(2)13-16(19)4/h8-13,20-21H,5-7H2,1-4H3. The van der Waals surface area contributed by atoms with Gasteiger partial charge in [-0.15, -0.1) is 0 Å². The number of aliphatic hydroxyl groups excluding tert-OH is 1. The maximum Gasteiger partial charge on any atom is 0.105 e. The van der Waals surface area contributed by atoms with Crippen LogP contribution in [0.1, 0.15) is 59.3 Å². The van der Waals surface area contributed by atoms with E-state index in [1.165, 1.54) is 24.0 Å². The summed E-state index contributed by atoms with van der Waals surface area (Å²) in [6.07, 6.45) is 3.02. The number of aryl methyl sites for hydroxylation is 4. The number of unbranched alkanes of at least 4 members (excludes halogenated alkanes) is 1. The first-order valence-corrected chi connectivity index (χ1v) is 7.87. The zero-order valence-corrected chi connectivity index (χ0v) is 13.6. The highest BCUT2D eigenvalue weighted by molar-refractivity contribution is 5.43. The fraction of sp³-hybridized carbons (Fsp3) is 0.400. The highest BCUT2D eigenvalue weighted by Gasteiger charge is 2.15. The van der Waals surface area contributed by atoms with E-state index < -0.39 is 6.10 Å². The van der Waals surface area contributed by atoms with Gasteiger partial charge in [0.2, 0.25) is 0 Å². The van der Waals surface area contributed by atoms with Crippen LogP contribution in [0.3, 0.4) is 0 Å². The lowest BCUT2D eigenvalue weighted by Gasteiger charge is -2.18. The summed E-state index contributed by atoms with van der Waals surface area (Å²) >= 11 is 0. The summed E-state index contributed by atoms with van der Waals surface area (Å²) in [7, 11) is 0. The molecule has 0 heterocycles. The van der Waals surface area contributed by atoms with Gasteiger partial charge in [0, 0.05) is 0 Å². The molecular formula is C20H26O. The fourth-order valence-corrected chi connectivity index (χ4v) is 3.04. The highest BCUT2D eigenvalue weighted by Crippen LogP contribution is 2.29. The summed E-state index contributed by atoms with van der Waals surface area (Å²) in [4.78, 5) is 0. The predicted octanol–water partition coefficient (Wildman–Crippen LogP) is 5.04. The normalized spacial score (nSPS) is 12.4. The van der Waals surface area contributed by atoms with E-state index in [9.17, 15) is 5.11 Å². The van der Waals surface area contributed by atoms with Crippen molar-refractivity contribution in [2.75, 3.05) is 0 Å². The highest BCUT2D eigenvalue weighted by atomic mass is 16.3. The predicted molar refractivity (Wildman–Crippen MR) is 89.8 cm³/mol. The molecule has 1 N–H and O–H groups in total. The minimum atomic E-state index is -0.536. The minimum absolute atomic E-state index is 0.536. The Balaban J connectivity index is 2.26. The Bertz CT molecular complexity index is 573. The zero-order chi connectivity index (χ0) is 15.4. The van der Waals surface area contributed by atoms with Crippen molar-refractivity contribution in [2.45, 2.75) is 53.1 Å². The lowest BCUT2D eigenvalue weighted by Crippen LogP contribution is -2.05. The van der Waals surface area contributed by atoms with E-state index in [0.717, 1.165) is 28.7 Å². The second-order valence-electron chi connectivity index (χ2n) is 6.06. The van der Waals surface area contributed by atoms with E-state index in [4.69, 9.17) is 0 Å². The van der Waals surface area contributed by atoms with Crippen LogP contribution in [-0.4, -0.2) is 5.11 Å². The van der Waals surface area contributed by atoms with Crippen LogP contribution >= 0.6 is 0 Å². The third kappa shape index (κ3) is 3.74. The number of hydrogen-bond acceptors (Lipinski definition) is 1.